The molecule has 2 heterocycles. The van der Waals surface area contributed by atoms with E-state index in [4.69, 9.17) is 4.98 Å². The Balaban J connectivity index is 1.44. The van der Waals surface area contributed by atoms with E-state index >= 15 is 0 Å². The highest BCUT2D eigenvalue weighted by Crippen LogP contribution is 2.38. The van der Waals surface area contributed by atoms with Gasteiger partial charge in [0.15, 0.2) is 5.88 Å². The largest absolute Gasteiger partial charge is 0.494 e. The lowest BCUT2D eigenvalue weighted by atomic mass is 10.0. The monoisotopic (exact) mass is 427 g/mol. The number of rotatable bonds is 4. The van der Waals surface area contributed by atoms with E-state index in [1.165, 1.54) is 11.1 Å². The smallest absolute Gasteiger partial charge is 0.199 e. The van der Waals surface area contributed by atoms with Gasteiger partial charge in [-0.15, -0.1) is 0 Å². The summed E-state index contributed by atoms with van der Waals surface area (Å²) in [6.07, 6.45) is 0. The first-order chi connectivity index (χ1) is 16.3. The molecule has 4 nitrogen and oxygen atoms in total. The number of aromatic nitrogens is 2. The molecule has 6 rings (SSSR count). The number of aromatic hydroxyl groups is 1. The van der Waals surface area contributed by atoms with Crippen LogP contribution in [0.25, 0.3) is 44.2 Å². The second-order valence-electron chi connectivity index (χ2n) is 8.03. The van der Waals surface area contributed by atoms with Gasteiger partial charge in [-0.05, 0) is 41.5 Å². The molecular formula is C29H21N3O. The Morgan fingerprint density at radius 3 is 2.15 bits per heavy atom. The normalized spacial score (nSPS) is 11.2. The molecule has 0 unspecified atom stereocenters. The number of nitrogens with one attached hydrogen (secondary N) is 2. The Hall–Kier alpha value is -4.57. The first kappa shape index (κ1) is 19.1. The van der Waals surface area contributed by atoms with E-state index in [-0.39, 0.29) is 5.88 Å². The third kappa shape index (κ3) is 3.48. The summed E-state index contributed by atoms with van der Waals surface area (Å²) in [6.45, 7) is 0. The van der Waals surface area contributed by atoms with Crippen LogP contribution in [-0.4, -0.2) is 15.1 Å². The Morgan fingerprint density at radius 2 is 1.33 bits per heavy atom. The first-order valence-electron chi connectivity index (χ1n) is 10.9. The molecule has 0 amide bonds. The zero-order chi connectivity index (χ0) is 22.2. The summed E-state index contributed by atoms with van der Waals surface area (Å²) in [6, 6.07) is 36.6. The molecule has 3 N–H and O–H groups in total. The predicted molar refractivity (Wildman–Crippen MR) is 136 cm³/mol. The van der Waals surface area contributed by atoms with Crippen LogP contribution in [0.1, 0.15) is 0 Å². The average Bonchev–Trinajstić information content (AvgIpc) is 3.20. The molecule has 4 aromatic carbocycles. The van der Waals surface area contributed by atoms with Gasteiger partial charge in [0.25, 0.3) is 0 Å². The second-order valence-corrected chi connectivity index (χ2v) is 8.03. The molecule has 0 fully saturated rings. The predicted octanol–water partition coefficient (Wildman–Crippen LogP) is 7.50. The summed E-state index contributed by atoms with van der Waals surface area (Å²) in [5.41, 5.74) is 7.45. The van der Waals surface area contributed by atoms with Crippen molar-refractivity contribution in [3.63, 3.8) is 0 Å². The van der Waals surface area contributed by atoms with Crippen LogP contribution < -0.4 is 5.32 Å². The van der Waals surface area contributed by atoms with Crippen molar-refractivity contribution in [2.75, 3.05) is 5.32 Å². The number of hydrogen-bond donors (Lipinski definition) is 3. The van der Waals surface area contributed by atoms with Crippen LogP contribution in [0.15, 0.2) is 109 Å². The van der Waals surface area contributed by atoms with Crippen molar-refractivity contribution in [3.05, 3.63) is 109 Å². The Kier molecular flexibility index (Phi) is 4.55. The number of nitrogens with zero attached hydrogens (tertiary/aromatic N) is 1. The molecule has 33 heavy (non-hydrogen) atoms. The average molecular weight is 428 g/mol. The Labute approximate surface area is 191 Å². The lowest BCUT2D eigenvalue weighted by Crippen LogP contribution is -1.95. The second kappa shape index (κ2) is 7.84. The topological polar surface area (TPSA) is 60.9 Å². The number of hydrogen-bond acceptors (Lipinski definition) is 3. The van der Waals surface area contributed by atoms with Crippen LogP contribution in [0.2, 0.25) is 0 Å². The third-order valence-electron chi connectivity index (χ3n) is 5.93. The quantitative estimate of drug-likeness (QED) is 0.273. The van der Waals surface area contributed by atoms with E-state index in [0.717, 1.165) is 33.2 Å². The Morgan fingerprint density at radius 1 is 0.667 bits per heavy atom. The van der Waals surface area contributed by atoms with Crippen molar-refractivity contribution >= 4 is 33.2 Å². The lowest BCUT2D eigenvalue weighted by Gasteiger charge is -2.13. The molecule has 4 heteroatoms. The summed E-state index contributed by atoms with van der Waals surface area (Å²) in [5.74, 6) is 0.122. The molecule has 0 aliphatic rings. The number of H-pyrrole nitrogens is 1. The number of fused-ring (bicyclic) bond motifs is 2. The maximum atomic E-state index is 10.7. The maximum Gasteiger partial charge on any atom is 0.199 e. The third-order valence-corrected chi connectivity index (χ3v) is 5.93. The fraction of sp³-hybridized carbons (Fsp3) is 0. The summed E-state index contributed by atoms with van der Waals surface area (Å²) >= 11 is 0. The molecule has 0 radical (unpaired) electrons. The molecule has 0 atom stereocenters. The van der Waals surface area contributed by atoms with Gasteiger partial charge in [0.05, 0.1) is 22.5 Å². The molecule has 0 saturated heterocycles. The van der Waals surface area contributed by atoms with E-state index in [1.807, 2.05) is 66.7 Å². The van der Waals surface area contributed by atoms with E-state index in [9.17, 15) is 5.11 Å². The molecular weight excluding hydrogens is 406 g/mol. The molecule has 0 aliphatic heterocycles. The standard InChI is InChI=1S/C29H21N3O/c33-29-28(23-11-5-7-13-25(23)32-29)27-18-26(22-10-4-6-12-24(22)31-27)30-21-16-14-20(15-17-21)19-8-2-1-3-9-19/h1-18,32-33H,(H,30,31). The van der Waals surface area contributed by atoms with Gasteiger partial charge in [-0.2, -0.15) is 0 Å². The van der Waals surface area contributed by atoms with Crippen molar-refractivity contribution in [3.8, 4) is 28.3 Å². The number of benzene rings is 4. The van der Waals surface area contributed by atoms with Gasteiger partial charge in [-0.3, -0.25) is 0 Å². The Bertz CT molecular complexity index is 1590. The van der Waals surface area contributed by atoms with Crippen LogP contribution in [0.4, 0.5) is 11.4 Å². The highest BCUT2D eigenvalue weighted by Gasteiger charge is 2.16. The summed E-state index contributed by atoms with van der Waals surface area (Å²) < 4.78 is 0. The van der Waals surface area contributed by atoms with Gasteiger partial charge in [0.2, 0.25) is 0 Å². The highest BCUT2D eigenvalue weighted by molar-refractivity contribution is 6.02. The number of anilines is 2. The molecule has 6 aromatic rings. The summed E-state index contributed by atoms with van der Waals surface area (Å²) in [4.78, 5) is 7.92. The SMILES string of the molecule is Oc1[nH]c2ccccc2c1-c1cc(Nc2ccc(-c3ccccc3)cc2)c2ccccc2n1. The molecule has 2 aromatic heterocycles. The number of pyridine rings is 1. The van der Waals surface area contributed by atoms with Crippen LogP contribution >= 0.6 is 0 Å². The minimum atomic E-state index is 0.122. The van der Waals surface area contributed by atoms with Crippen molar-refractivity contribution in [1.29, 1.82) is 0 Å². The fourth-order valence-corrected chi connectivity index (χ4v) is 4.33. The van der Waals surface area contributed by atoms with Crippen molar-refractivity contribution in [2.45, 2.75) is 0 Å². The van der Waals surface area contributed by atoms with Gasteiger partial charge >= 0.3 is 0 Å². The van der Waals surface area contributed by atoms with Crippen molar-refractivity contribution in [1.82, 2.24) is 9.97 Å². The van der Waals surface area contributed by atoms with Crippen LogP contribution in [0.3, 0.4) is 0 Å². The van der Waals surface area contributed by atoms with Gasteiger partial charge in [-0.1, -0.05) is 78.9 Å². The van der Waals surface area contributed by atoms with E-state index in [0.29, 0.717) is 11.3 Å². The van der Waals surface area contributed by atoms with E-state index in [1.54, 1.807) is 0 Å². The molecule has 0 spiro atoms. The minimum absolute atomic E-state index is 0.122. The van der Waals surface area contributed by atoms with Gasteiger partial charge in [0.1, 0.15) is 0 Å². The molecule has 0 saturated carbocycles. The summed E-state index contributed by atoms with van der Waals surface area (Å²) in [5, 5.41) is 16.2. The van der Waals surface area contributed by atoms with Crippen LogP contribution in [0.5, 0.6) is 5.88 Å². The zero-order valence-electron chi connectivity index (χ0n) is 17.8. The van der Waals surface area contributed by atoms with Gasteiger partial charge in [-0.25, -0.2) is 4.98 Å². The number of aromatic amines is 1. The van der Waals surface area contributed by atoms with Crippen LogP contribution in [0, 0.1) is 0 Å². The lowest BCUT2D eigenvalue weighted by molar-refractivity contribution is 0.460. The van der Waals surface area contributed by atoms with Crippen molar-refractivity contribution in [2.24, 2.45) is 0 Å². The van der Waals surface area contributed by atoms with Gasteiger partial charge in [0, 0.05) is 22.0 Å². The molecule has 158 valence electrons. The first-order valence-corrected chi connectivity index (χ1v) is 10.9. The number of para-hydroxylation sites is 2. The fourth-order valence-electron chi connectivity index (χ4n) is 4.33. The van der Waals surface area contributed by atoms with Crippen LogP contribution in [-0.2, 0) is 0 Å². The van der Waals surface area contributed by atoms with E-state index < -0.39 is 0 Å². The highest BCUT2D eigenvalue weighted by atomic mass is 16.3. The molecule has 0 aliphatic carbocycles. The van der Waals surface area contributed by atoms with E-state index in [2.05, 4.69) is 52.8 Å². The van der Waals surface area contributed by atoms with Crippen molar-refractivity contribution < 1.29 is 5.11 Å². The minimum Gasteiger partial charge on any atom is -0.494 e. The zero-order valence-corrected chi connectivity index (χ0v) is 17.8. The van der Waals surface area contributed by atoms with Gasteiger partial charge < -0.3 is 15.4 Å². The summed E-state index contributed by atoms with van der Waals surface area (Å²) in [7, 11) is 0. The maximum absolute atomic E-state index is 10.7. The molecule has 0 bridgehead atoms.